The Bertz CT molecular complexity index is 1430. The number of amides is 1. The molecule has 2 heterocycles. The van der Waals surface area contributed by atoms with Gasteiger partial charge in [0, 0.05) is 21.8 Å². The van der Waals surface area contributed by atoms with E-state index < -0.39 is 16.8 Å². The van der Waals surface area contributed by atoms with Crippen LogP contribution in [0.4, 0.5) is 11.4 Å². The molecule has 2 aromatic carbocycles. The smallest absolute Gasteiger partial charge is 0.349 e. The van der Waals surface area contributed by atoms with Crippen LogP contribution in [0.25, 0.3) is 10.1 Å². The quantitative estimate of drug-likeness (QED) is 0.171. The monoisotopic (exact) mass is 520 g/mol. The van der Waals surface area contributed by atoms with Gasteiger partial charge in [0.15, 0.2) is 5.76 Å². The van der Waals surface area contributed by atoms with Gasteiger partial charge >= 0.3 is 5.97 Å². The predicted molar refractivity (Wildman–Crippen MR) is 127 cm³/mol. The van der Waals surface area contributed by atoms with Crippen LogP contribution in [-0.2, 0) is 11.3 Å². The van der Waals surface area contributed by atoms with Gasteiger partial charge in [-0.05, 0) is 36.4 Å². The van der Waals surface area contributed by atoms with Crippen molar-refractivity contribution in [2.24, 2.45) is 0 Å². The number of non-ortho nitro benzene ring substituents is 1. The standard InChI is InChI=1S/C22H14Cl2N2O7S/c1-31-22(28)20-19(24)14-5-2-11(8-18(14)34-20)25-21(27)16-7-4-13(33-16)10-32-17-9-12(26(29)30)3-6-15(17)23/h2-9H,10H2,1H3,(H,25,27). The first-order valence-corrected chi connectivity index (χ1v) is 11.1. The molecule has 0 fully saturated rings. The molecule has 0 bridgehead atoms. The summed E-state index contributed by atoms with van der Waals surface area (Å²) < 4.78 is 16.5. The number of nitrogens with one attached hydrogen (secondary N) is 1. The molecule has 0 radical (unpaired) electrons. The van der Waals surface area contributed by atoms with Crippen molar-refractivity contribution in [1.29, 1.82) is 0 Å². The van der Waals surface area contributed by atoms with Gasteiger partial charge in [-0.3, -0.25) is 14.9 Å². The average Bonchev–Trinajstić information content (AvgIpc) is 3.42. The number of nitrogens with zero attached hydrogens (tertiary/aromatic N) is 1. The number of carbonyl (C=O) groups excluding carboxylic acids is 2. The zero-order chi connectivity index (χ0) is 24.4. The van der Waals surface area contributed by atoms with Gasteiger partial charge in [-0.15, -0.1) is 11.3 Å². The summed E-state index contributed by atoms with van der Waals surface area (Å²) in [5.74, 6) is -0.574. The largest absolute Gasteiger partial charge is 0.484 e. The fraction of sp³-hybridized carbons (Fsp3) is 0.0909. The number of esters is 1. The molecule has 4 rings (SSSR count). The van der Waals surface area contributed by atoms with Crippen LogP contribution >= 0.6 is 34.5 Å². The number of furan rings is 1. The van der Waals surface area contributed by atoms with Crippen LogP contribution in [0.2, 0.25) is 10.0 Å². The van der Waals surface area contributed by atoms with Gasteiger partial charge in [-0.2, -0.15) is 0 Å². The number of benzene rings is 2. The Morgan fingerprint density at radius 2 is 1.94 bits per heavy atom. The van der Waals surface area contributed by atoms with Crippen molar-refractivity contribution in [1.82, 2.24) is 0 Å². The van der Waals surface area contributed by atoms with E-state index in [-0.39, 0.29) is 33.7 Å². The molecule has 0 unspecified atom stereocenters. The molecule has 0 aliphatic rings. The molecule has 34 heavy (non-hydrogen) atoms. The van der Waals surface area contributed by atoms with Gasteiger partial charge in [-0.25, -0.2) is 4.79 Å². The molecule has 0 saturated heterocycles. The zero-order valence-electron chi connectivity index (χ0n) is 17.3. The molecular formula is C22H14Cl2N2O7S. The number of ether oxygens (including phenoxy) is 2. The number of nitro benzene ring substituents is 1. The summed E-state index contributed by atoms with van der Waals surface area (Å²) in [5.41, 5.74) is 0.311. The Morgan fingerprint density at radius 3 is 2.68 bits per heavy atom. The molecule has 1 N–H and O–H groups in total. The van der Waals surface area contributed by atoms with E-state index in [4.69, 9.17) is 37.1 Å². The average molecular weight is 521 g/mol. The first kappa shape index (κ1) is 23.6. The van der Waals surface area contributed by atoms with E-state index in [1.54, 1.807) is 24.3 Å². The second kappa shape index (κ2) is 9.72. The Kier molecular flexibility index (Phi) is 6.73. The number of fused-ring (bicyclic) bond motifs is 1. The van der Waals surface area contributed by atoms with Crippen molar-refractivity contribution in [2.45, 2.75) is 6.61 Å². The molecule has 4 aromatic rings. The normalized spacial score (nSPS) is 10.8. The second-order valence-electron chi connectivity index (χ2n) is 6.83. The highest BCUT2D eigenvalue weighted by atomic mass is 35.5. The van der Waals surface area contributed by atoms with E-state index >= 15 is 0 Å². The SMILES string of the molecule is COC(=O)c1sc2cc(NC(=O)c3ccc(COc4cc([N+](=O)[O-])ccc4Cl)o3)ccc2c1Cl. The van der Waals surface area contributed by atoms with Crippen LogP contribution in [0.1, 0.15) is 26.0 Å². The van der Waals surface area contributed by atoms with Crippen molar-refractivity contribution in [3.63, 3.8) is 0 Å². The summed E-state index contributed by atoms with van der Waals surface area (Å²) in [5, 5.41) is 14.8. The highest BCUT2D eigenvalue weighted by Crippen LogP contribution is 2.37. The number of thiophene rings is 1. The number of rotatable bonds is 7. The molecule has 0 atom stereocenters. The number of carbonyl (C=O) groups is 2. The molecule has 0 saturated carbocycles. The third-order valence-electron chi connectivity index (χ3n) is 4.64. The fourth-order valence-electron chi connectivity index (χ4n) is 3.00. The van der Waals surface area contributed by atoms with Gasteiger partial charge < -0.3 is 19.2 Å². The molecule has 2 aromatic heterocycles. The van der Waals surface area contributed by atoms with Gasteiger partial charge in [0.1, 0.15) is 23.0 Å². The molecule has 0 spiro atoms. The lowest BCUT2D eigenvalue weighted by atomic mass is 10.2. The van der Waals surface area contributed by atoms with Crippen molar-refractivity contribution in [3.05, 3.63) is 85.1 Å². The van der Waals surface area contributed by atoms with Crippen LogP contribution in [0.3, 0.4) is 0 Å². The maximum absolute atomic E-state index is 12.6. The van der Waals surface area contributed by atoms with Gasteiger partial charge in [0.25, 0.3) is 11.6 Å². The fourth-order valence-corrected chi connectivity index (χ4v) is 4.64. The first-order valence-electron chi connectivity index (χ1n) is 9.54. The van der Waals surface area contributed by atoms with Crippen molar-refractivity contribution < 1.29 is 28.4 Å². The summed E-state index contributed by atoms with van der Waals surface area (Å²) in [6.07, 6.45) is 0. The van der Waals surface area contributed by atoms with Crippen LogP contribution in [0.15, 0.2) is 52.9 Å². The number of nitro groups is 1. The van der Waals surface area contributed by atoms with Crippen LogP contribution in [-0.4, -0.2) is 23.9 Å². The Hall–Kier alpha value is -3.60. The lowest BCUT2D eigenvalue weighted by Crippen LogP contribution is -2.10. The van der Waals surface area contributed by atoms with E-state index in [0.717, 1.165) is 11.3 Å². The number of hydrogen-bond acceptors (Lipinski definition) is 8. The number of hydrogen-bond donors (Lipinski definition) is 1. The van der Waals surface area contributed by atoms with Gasteiger partial charge in [-0.1, -0.05) is 23.2 Å². The Morgan fingerprint density at radius 1 is 1.15 bits per heavy atom. The summed E-state index contributed by atoms with van der Waals surface area (Å²) >= 11 is 13.4. The van der Waals surface area contributed by atoms with E-state index in [1.807, 2.05) is 0 Å². The number of halogens is 2. The number of anilines is 1. The lowest BCUT2D eigenvalue weighted by Gasteiger charge is -2.06. The van der Waals surface area contributed by atoms with Crippen molar-refractivity contribution >= 4 is 67.9 Å². The van der Waals surface area contributed by atoms with Crippen molar-refractivity contribution in [2.75, 3.05) is 12.4 Å². The summed E-state index contributed by atoms with van der Waals surface area (Å²) in [7, 11) is 1.27. The lowest BCUT2D eigenvalue weighted by molar-refractivity contribution is -0.384. The third kappa shape index (κ3) is 4.84. The minimum atomic E-state index is -0.559. The summed E-state index contributed by atoms with van der Waals surface area (Å²) in [6, 6.07) is 11.9. The molecular weight excluding hydrogens is 507 g/mol. The topological polar surface area (TPSA) is 121 Å². The summed E-state index contributed by atoms with van der Waals surface area (Å²) in [4.78, 5) is 35.1. The first-order chi connectivity index (χ1) is 16.3. The second-order valence-corrected chi connectivity index (χ2v) is 8.67. The Balaban J connectivity index is 1.44. The van der Waals surface area contributed by atoms with Crippen LogP contribution in [0, 0.1) is 10.1 Å². The van der Waals surface area contributed by atoms with Crippen LogP contribution < -0.4 is 10.1 Å². The number of methoxy groups -OCH3 is 1. The maximum atomic E-state index is 12.6. The van der Waals surface area contributed by atoms with Crippen molar-refractivity contribution in [3.8, 4) is 5.75 Å². The van der Waals surface area contributed by atoms with E-state index in [9.17, 15) is 19.7 Å². The van der Waals surface area contributed by atoms with E-state index in [1.165, 1.54) is 31.4 Å². The third-order valence-corrected chi connectivity index (χ3v) is 6.59. The molecule has 174 valence electrons. The predicted octanol–water partition coefficient (Wildman–Crippen LogP) is 6.33. The molecule has 1 amide bonds. The minimum Gasteiger partial charge on any atom is -0.484 e. The van der Waals surface area contributed by atoms with E-state index in [0.29, 0.717) is 26.6 Å². The Labute approximate surface area is 205 Å². The maximum Gasteiger partial charge on any atom is 0.349 e. The highest BCUT2D eigenvalue weighted by molar-refractivity contribution is 7.21. The summed E-state index contributed by atoms with van der Waals surface area (Å²) in [6.45, 7) is -0.0931. The minimum absolute atomic E-state index is 0.0308. The van der Waals surface area contributed by atoms with Gasteiger partial charge in [0.05, 0.1) is 28.1 Å². The zero-order valence-corrected chi connectivity index (χ0v) is 19.6. The van der Waals surface area contributed by atoms with E-state index in [2.05, 4.69) is 5.32 Å². The molecule has 0 aliphatic heterocycles. The molecule has 9 nitrogen and oxygen atoms in total. The molecule has 0 aliphatic carbocycles. The highest BCUT2D eigenvalue weighted by Gasteiger charge is 2.19. The van der Waals surface area contributed by atoms with Crippen LogP contribution in [0.5, 0.6) is 5.75 Å². The van der Waals surface area contributed by atoms with Gasteiger partial charge in [0.2, 0.25) is 0 Å². The molecule has 12 heteroatoms.